The van der Waals surface area contributed by atoms with E-state index in [4.69, 9.17) is 21.1 Å². The summed E-state index contributed by atoms with van der Waals surface area (Å²) < 4.78 is 13.3. The van der Waals surface area contributed by atoms with E-state index in [9.17, 15) is 0 Å². The molecule has 0 saturated carbocycles. The topological polar surface area (TPSA) is 76.8 Å². The summed E-state index contributed by atoms with van der Waals surface area (Å²) in [7, 11) is 3.67. The fourth-order valence-electron chi connectivity index (χ4n) is 2.77. The number of halogens is 1. The summed E-state index contributed by atoms with van der Waals surface area (Å²) >= 11 is 6.03. The van der Waals surface area contributed by atoms with Gasteiger partial charge in [-0.05, 0) is 12.1 Å². The Kier molecular flexibility index (Phi) is 6.30. The average molecular weight is 379 g/mol. The largest absolute Gasteiger partial charge is 0.475 e. The van der Waals surface area contributed by atoms with Crippen LogP contribution < -0.4 is 10.1 Å². The maximum atomic E-state index is 6.03. The number of hydrogen-bond acceptors (Lipinski definition) is 5. The highest BCUT2D eigenvalue weighted by atomic mass is 35.5. The maximum Gasteiger partial charge on any atom is 0.232 e. The minimum atomic E-state index is -0.0143. The molecule has 1 aliphatic rings. The molecule has 2 aromatic heterocycles. The lowest BCUT2D eigenvalue weighted by Crippen LogP contribution is -2.48. The van der Waals surface area contributed by atoms with Crippen LogP contribution in [0.25, 0.3) is 0 Å². The molecule has 2 aromatic rings. The van der Waals surface area contributed by atoms with Gasteiger partial charge in [0.15, 0.2) is 5.96 Å². The molecule has 1 saturated heterocycles. The molecule has 0 radical (unpaired) electrons. The highest BCUT2D eigenvalue weighted by molar-refractivity contribution is 6.31. The molecular weight excluding hydrogens is 356 g/mol. The lowest BCUT2D eigenvalue weighted by Gasteiger charge is -2.34. The molecule has 3 heterocycles. The number of rotatable bonds is 5. The van der Waals surface area contributed by atoms with E-state index < -0.39 is 0 Å². The molecule has 8 nitrogen and oxygen atoms in total. The third-order valence-electron chi connectivity index (χ3n) is 4.02. The van der Waals surface area contributed by atoms with Gasteiger partial charge in [0.2, 0.25) is 5.88 Å². The van der Waals surface area contributed by atoms with Crippen molar-refractivity contribution in [2.75, 3.05) is 39.9 Å². The van der Waals surface area contributed by atoms with Gasteiger partial charge in [-0.1, -0.05) is 11.6 Å². The Labute approximate surface area is 157 Å². The van der Waals surface area contributed by atoms with E-state index in [1.54, 1.807) is 30.1 Å². The number of nitrogens with one attached hydrogen (secondary N) is 1. The van der Waals surface area contributed by atoms with Gasteiger partial charge in [0.05, 0.1) is 25.9 Å². The quantitative estimate of drug-likeness (QED) is 0.482. The summed E-state index contributed by atoms with van der Waals surface area (Å²) in [6.07, 6.45) is 5.46. The molecule has 3 rings (SSSR count). The third-order valence-corrected chi connectivity index (χ3v) is 4.31. The van der Waals surface area contributed by atoms with E-state index in [2.05, 4.69) is 25.3 Å². The van der Waals surface area contributed by atoms with E-state index in [0.29, 0.717) is 30.7 Å². The summed E-state index contributed by atoms with van der Waals surface area (Å²) in [6.45, 7) is 3.17. The second kappa shape index (κ2) is 8.86. The molecule has 1 N–H and O–H groups in total. The van der Waals surface area contributed by atoms with E-state index in [1.807, 2.05) is 19.4 Å². The first-order chi connectivity index (χ1) is 12.7. The van der Waals surface area contributed by atoms with Gasteiger partial charge in [0.1, 0.15) is 17.7 Å². The summed E-state index contributed by atoms with van der Waals surface area (Å²) in [4.78, 5) is 10.6. The van der Waals surface area contributed by atoms with Crippen molar-refractivity contribution < 1.29 is 9.47 Å². The minimum absolute atomic E-state index is 0.0143. The molecule has 1 fully saturated rings. The number of nitrogens with zero attached hydrogens (tertiary/aromatic N) is 5. The van der Waals surface area contributed by atoms with Gasteiger partial charge in [-0.25, -0.2) is 4.98 Å². The summed E-state index contributed by atoms with van der Waals surface area (Å²) in [5.74, 6) is 1.26. The van der Waals surface area contributed by atoms with Crippen LogP contribution in [0.1, 0.15) is 11.7 Å². The van der Waals surface area contributed by atoms with Crippen LogP contribution in [0.15, 0.2) is 35.7 Å². The summed E-state index contributed by atoms with van der Waals surface area (Å²) in [5, 5.41) is 8.03. The Bertz CT molecular complexity index is 750. The first kappa shape index (κ1) is 18.5. The van der Waals surface area contributed by atoms with Crippen molar-refractivity contribution in [3.8, 4) is 5.88 Å². The number of aryl methyl sites for hydroxylation is 1. The number of aromatic nitrogens is 3. The molecule has 1 unspecified atom stereocenters. The van der Waals surface area contributed by atoms with Crippen LogP contribution in [-0.2, 0) is 11.8 Å². The molecule has 0 amide bonds. The second-order valence-electron chi connectivity index (χ2n) is 5.87. The highest BCUT2D eigenvalue weighted by Crippen LogP contribution is 2.22. The van der Waals surface area contributed by atoms with Crippen molar-refractivity contribution in [1.29, 1.82) is 0 Å². The maximum absolute atomic E-state index is 6.03. The predicted molar refractivity (Wildman–Crippen MR) is 99.6 cm³/mol. The van der Waals surface area contributed by atoms with E-state index in [1.165, 1.54) is 0 Å². The van der Waals surface area contributed by atoms with Crippen LogP contribution >= 0.6 is 11.6 Å². The zero-order valence-corrected chi connectivity index (χ0v) is 15.7. The predicted octanol–water partition coefficient (Wildman–Crippen LogP) is 1.50. The number of morpholine rings is 1. The molecule has 0 aromatic carbocycles. The lowest BCUT2D eigenvalue weighted by molar-refractivity contribution is -0.00805. The van der Waals surface area contributed by atoms with Gasteiger partial charge in [-0.2, -0.15) is 5.10 Å². The number of pyridine rings is 1. The smallest absolute Gasteiger partial charge is 0.232 e. The second-order valence-corrected chi connectivity index (χ2v) is 6.27. The molecular formula is C17H23ClN6O2. The zero-order chi connectivity index (χ0) is 18.4. The highest BCUT2D eigenvalue weighted by Gasteiger charge is 2.25. The minimum Gasteiger partial charge on any atom is -0.475 e. The number of aliphatic imine (C=N–C) groups is 1. The zero-order valence-electron chi connectivity index (χ0n) is 14.9. The van der Waals surface area contributed by atoms with Gasteiger partial charge in [0, 0.05) is 38.6 Å². The van der Waals surface area contributed by atoms with Crippen molar-refractivity contribution in [3.05, 3.63) is 41.3 Å². The Morgan fingerprint density at radius 3 is 3.15 bits per heavy atom. The Hall–Kier alpha value is -2.32. The summed E-state index contributed by atoms with van der Waals surface area (Å²) in [6, 6.07) is 3.52. The van der Waals surface area contributed by atoms with Crippen LogP contribution in [0.5, 0.6) is 5.88 Å². The molecule has 0 bridgehead atoms. The van der Waals surface area contributed by atoms with Crippen molar-refractivity contribution >= 4 is 17.6 Å². The van der Waals surface area contributed by atoms with E-state index >= 15 is 0 Å². The fourth-order valence-corrected chi connectivity index (χ4v) is 2.95. The van der Waals surface area contributed by atoms with Gasteiger partial charge in [-0.3, -0.25) is 9.67 Å². The van der Waals surface area contributed by atoms with Crippen molar-refractivity contribution in [2.45, 2.75) is 6.10 Å². The first-order valence-corrected chi connectivity index (χ1v) is 8.84. The van der Waals surface area contributed by atoms with Gasteiger partial charge in [0.25, 0.3) is 0 Å². The van der Waals surface area contributed by atoms with Crippen molar-refractivity contribution in [2.24, 2.45) is 12.0 Å². The van der Waals surface area contributed by atoms with E-state index in [-0.39, 0.29) is 6.10 Å². The number of guanidine groups is 1. The number of ether oxygens (including phenoxy) is 2. The van der Waals surface area contributed by atoms with E-state index in [0.717, 1.165) is 24.6 Å². The van der Waals surface area contributed by atoms with Crippen molar-refractivity contribution in [1.82, 2.24) is 25.0 Å². The van der Waals surface area contributed by atoms with Crippen LogP contribution in [0.2, 0.25) is 5.02 Å². The molecule has 0 aliphatic carbocycles. The van der Waals surface area contributed by atoms with Gasteiger partial charge >= 0.3 is 0 Å². The van der Waals surface area contributed by atoms with Gasteiger partial charge in [-0.15, -0.1) is 0 Å². The van der Waals surface area contributed by atoms with Gasteiger partial charge < -0.3 is 19.7 Å². The van der Waals surface area contributed by atoms with Crippen LogP contribution in [-0.4, -0.2) is 65.5 Å². The molecule has 1 aliphatic heterocycles. The van der Waals surface area contributed by atoms with Crippen LogP contribution in [0.3, 0.4) is 0 Å². The third kappa shape index (κ3) is 4.64. The van der Waals surface area contributed by atoms with Crippen LogP contribution in [0, 0.1) is 0 Å². The standard InChI is InChI=1S/C17H23ClN6O2/c1-19-17(21-6-8-26-16-14(18)4-3-5-20-16)24-7-9-25-15(12-24)13-10-22-23(2)11-13/h3-5,10-11,15H,6-9,12H2,1-2H3,(H,19,21). The SMILES string of the molecule is CN=C(NCCOc1ncccc1Cl)N1CCOC(c2cnn(C)c2)C1. The molecule has 140 valence electrons. The fraction of sp³-hybridized carbons (Fsp3) is 0.471. The number of hydrogen-bond donors (Lipinski definition) is 1. The molecule has 9 heteroatoms. The first-order valence-electron chi connectivity index (χ1n) is 8.46. The molecule has 26 heavy (non-hydrogen) atoms. The molecule has 0 spiro atoms. The Morgan fingerprint density at radius 1 is 1.54 bits per heavy atom. The Balaban J connectivity index is 1.49. The Morgan fingerprint density at radius 2 is 2.42 bits per heavy atom. The lowest BCUT2D eigenvalue weighted by atomic mass is 10.1. The molecule has 1 atom stereocenters. The van der Waals surface area contributed by atoms with Crippen molar-refractivity contribution in [3.63, 3.8) is 0 Å². The normalized spacial score (nSPS) is 18.0. The summed E-state index contributed by atoms with van der Waals surface area (Å²) in [5.41, 5.74) is 1.07. The average Bonchev–Trinajstić information content (AvgIpc) is 3.10. The monoisotopic (exact) mass is 378 g/mol. The van der Waals surface area contributed by atoms with Crippen LogP contribution in [0.4, 0.5) is 0 Å².